The molecule has 0 aliphatic heterocycles. The van der Waals surface area contributed by atoms with Crippen LogP contribution >= 0.6 is 0 Å². The van der Waals surface area contributed by atoms with Gasteiger partial charge in [0.2, 0.25) is 0 Å². The molecule has 0 spiro atoms. The Bertz CT molecular complexity index is 963. The first kappa shape index (κ1) is 17.3. The number of aromatic amines is 1. The number of rotatable bonds is 6. The minimum Gasteiger partial charge on any atom is -0.497 e. The summed E-state index contributed by atoms with van der Waals surface area (Å²) in [6, 6.07) is 12.6. The molecule has 0 aliphatic carbocycles. The normalized spacial score (nSPS) is 10.9. The standard InChI is InChI=1S/C19H19N3O4/c1-24-14-4-6-16-12(8-14)10-17(21-16)19(23)22-20-11-13-9-15(25-2)5-7-18(13)26-3/h4-11,21H,1-3H3,(H,22,23). The molecule has 0 unspecified atom stereocenters. The molecule has 2 aromatic carbocycles. The van der Waals surface area contributed by atoms with E-state index in [0.29, 0.717) is 22.8 Å². The van der Waals surface area contributed by atoms with Crippen LogP contribution in [0.25, 0.3) is 10.9 Å². The second-order valence-corrected chi connectivity index (χ2v) is 5.44. The summed E-state index contributed by atoms with van der Waals surface area (Å²) >= 11 is 0. The zero-order chi connectivity index (χ0) is 18.5. The molecule has 0 radical (unpaired) electrons. The average Bonchev–Trinajstić information content (AvgIpc) is 3.11. The molecule has 0 aliphatic rings. The van der Waals surface area contributed by atoms with Crippen LogP contribution in [0.2, 0.25) is 0 Å². The molecule has 2 N–H and O–H groups in total. The molecule has 0 saturated heterocycles. The lowest BCUT2D eigenvalue weighted by atomic mass is 10.2. The molecule has 3 rings (SSSR count). The van der Waals surface area contributed by atoms with E-state index in [9.17, 15) is 4.79 Å². The van der Waals surface area contributed by atoms with E-state index < -0.39 is 0 Å². The number of methoxy groups -OCH3 is 3. The second-order valence-electron chi connectivity index (χ2n) is 5.44. The van der Waals surface area contributed by atoms with Crippen molar-refractivity contribution >= 4 is 23.0 Å². The van der Waals surface area contributed by atoms with E-state index in [4.69, 9.17) is 14.2 Å². The van der Waals surface area contributed by atoms with E-state index in [1.54, 1.807) is 45.6 Å². The maximum atomic E-state index is 12.3. The Morgan fingerprint density at radius 3 is 2.46 bits per heavy atom. The maximum absolute atomic E-state index is 12.3. The van der Waals surface area contributed by atoms with Gasteiger partial charge in [-0.05, 0) is 42.5 Å². The van der Waals surface area contributed by atoms with Gasteiger partial charge >= 0.3 is 0 Å². The van der Waals surface area contributed by atoms with E-state index in [1.165, 1.54) is 6.21 Å². The summed E-state index contributed by atoms with van der Waals surface area (Å²) in [6.07, 6.45) is 1.50. The number of aromatic nitrogens is 1. The first-order chi connectivity index (χ1) is 12.6. The highest BCUT2D eigenvalue weighted by molar-refractivity contribution is 5.98. The molecule has 0 atom stereocenters. The van der Waals surface area contributed by atoms with Crippen LogP contribution in [0, 0.1) is 0 Å². The number of hydrazone groups is 1. The van der Waals surface area contributed by atoms with Crippen molar-refractivity contribution in [3.63, 3.8) is 0 Å². The highest BCUT2D eigenvalue weighted by Gasteiger charge is 2.09. The number of H-pyrrole nitrogens is 1. The maximum Gasteiger partial charge on any atom is 0.287 e. The second kappa shape index (κ2) is 7.60. The summed E-state index contributed by atoms with van der Waals surface area (Å²) in [7, 11) is 4.74. The quantitative estimate of drug-likeness (QED) is 0.527. The summed E-state index contributed by atoms with van der Waals surface area (Å²) in [5, 5.41) is 4.88. The van der Waals surface area contributed by atoms with Gasteiger partial charge in [-0.3, -0.25) is 4.79 Å². The van der Waals surface area contributed by atoms with Gasteiger partial charge in [-0.1, -0.05) is 0 Å². The number of amides is 1. The Morgan fingerprint density at radius 1 is 1.00 bits per heavy atom. The summed E-state index contributed by atoms with van der Waals surface area (Å²) in [5.74, 6) is 1.68. The van der Waals surface area contributed by atoms with Crippen molar-refractivity contribution in [2.75, 3.05) is 21.3 Å². The molecule has 7 heteroatoms. The van der Waals surface area contributed by atoms with Crippen LogP contribution in [-0.4, -0.2) is 38.4 Å². The number of carbonyl (C=O) groups is 1. The van der Waals surface area contributed by atoms with Crippen LogP contribution in [0.4, 0.5) is 0 Å². The molecule has 134 valence electrons. The van der Waals surface area contributed by atoms with Crippen LogP contribution in [-0.2, 0) is 0 Å². The minimum atomic E-state index is -0.349. The van der Waals surface area contributed by atoms with Gasteiger partial charge in [-0.15, -0.1) is 0 Å². The lowest BCUT2D eigenvalue weighted by molar-refractivity contribution is 0.0951. The smallest absolute Gasteiger partial charge is 0.287 e. The molecule has 1 heterocycles. The molecular weight excluding hydrogens is 334 g/mol. The molecule has 0 fully saturated rings. The van der Waals surface area contributed by atoms with Crippen molar-refractivity contribution < 1.29 is 19.0 Å². The molecule has 3 aromatic rings. The molecule has 0 bridgehead atoms. The Balaban J connectivity index is 1.75. The average molecular weight is 353 g/mol. The van der Waals surface area contributed by atoms with Gasteiger partial charge < -0.3 is 19.2 Å². The topological polar surface area (TPSA) is 84.9 Å². The number of benzene rings is 2. The molecule has 0 saturated carbocycles. The Kier molecular flexibility index (Phi) is 5.07. The third-order valence-corrected chi connectivity index (χ3v) is 3.88. The largest absolute Gasteiger partial charge is 0.497 e. The number of nitrogens with one attached hydrogen (secondary N) is 2. The van der Waals surface area contributed by atoms with E-state index in [0.717, 1.165) is 16.7 Å². The van der Waals surface area contributed by atoms with Crippen LogP contribution in [0.1, 0.15) is 16.1 Å². The van der Waals surface area contributed by atoms with Crippen molar-refractivity contribution in [1.82, 2.24) is 10.4 Å². The van der Waals surface area contributed by atoms with Crippen molar-refractivity contribution in [1.29, 1.82) is 0 Å². The molecule has 1 amide bonds. The SMILES string of the molecule is COc1ccc(OC)c(C=NNC(=O)c2cc3cc(OC)ccc3[nH]2)c1. The third-order valence-electron chi connectivity index (χ3n) is 3.88. The first-order valence-electron chi connectivity index (χ1n) is 7.87. The number of hydrogen-bond donors (Lipinski definition) is 2. The molecule has 7 nitrogen and oxygen atoms in total. The predicted octanol–water partition coefficient (Wildman–Crippen LogP) is 2.96. The van der Waals surface area contributed by atoms with Crippen LogP contribution in [0.15, 0.2) is 47.6 Å². The summed E-state index contributed by atoms with van der Waals surface area (Å²) < 4.78 is 15.6. The van der Waals surface area contributed by atoms with Gasteiger partial charge in [0.1, 0.15) is 22.9 Å². The highest BCUT2D eigenvalue weighted by Crippen LogP contribution is 2.23. The fraction of sp³-hybridized carbons (Fsp3) is 0.158. The fourth-order valence-corrected chi connectivity index (χ4v) is 2.52. The highest BCUT2D eigenvalue weighted by atomic mass is 16.5. The predicted molar refractivity (Wildman–Crippen MR) is 99.5 cm³/mol. The van der Waals surface area contributed by atoms with Gasteiger partial charge in [0.15, 0.2) is 0 Å². The van der Waals surface area contributed by atoms with Crippen molar-refractivity contribution in [2.45, 2.75) is 0 Å². The summed E-state index contributed by atoms with van der Waals surface area (Å²) in [4.78, 5) is 15.3. The van der Waals surface area contributed by atoms with Gasteiger partial charge in [-0.2, -0.15) is 5.10 Å². The van der Waals surface area contributed by atoms with Crippen LogP contribution < -0.4 is 19.6 Å². The van der Waals surface area contributed by atoms with Crippen LogP contribution in [0.5, 0.6) is 17.2 Å². The zero-order valence-corrected chi connectivity index (χ0v) is 14.7. The minimum absolute atomic E-state index is 0.349. The monoisotopic (exact) mass is 353 g/mol. The lowest BCUT2D eigenvalue weighted by Crippen LogP contribution is -2.17. The van der Waals surface area contributed by atoms with E-state index >= 15 is 0 Å². The van der Waals surface area contributed by atoms with Gasteiger partial charge in [0.05, 0.1) is 27.5 Å². The molecule has 26 heavy (non-hydrogen) atoms. The number of carbonyl (C=O) groups excluding carboxylic acids is 1. The third kappa shape index (κ3) is 3.61. The first-order valence-corrected chi connectivity index (χ1v) is 7.87. The van der Waals surface area contributed by atoms with Crippen LogP contribution in [0.3, 0.4) is 0 Å². The van der Waals surface area contributed by atoms with Gasteiger partial charge in [-0.25, -0.2) is 5.43 Å². The lowest BCUT2D eigenvalue weighted by Gasteiger charge is -2.06. The van der Waals surface area contributed by atoms with Crippen molar-refractivity contribution in [3.05, 3.63) is 53.7 Å². The number of ether oxygens (including phenoxy) is 3. The number of nitrogens with zero attached hydrogens (tertiary/aromatic N) is 1. The van der Waals surface area contributed by atoms with E-state index in [-0.39, 0.29) is 5.91 Å². The Labute approximate surface area is 150 Å². The number of fused-ring (bicyclic) bond motifs is 1. The Hall–Kier alpha value is -3.48. The summed E-state index contributed by atoms with van der Waals surface area (Å²) in [5.41, 5.74) is 4.43. The number of hydrogen-bond acceptors (Lipinski definition) is 5. The Morgan fingerprint density at radius 2 is 1.73 bits per heavy atom. The van der Waals surface area contributed by atoms with E-state index in [2.05, 4.69) is 15.5 Å². The fourth-order valence-electron chi connectivity index (χ4n) is 2.52. The van der Waals surface area contributed by atoms with Gasteiger partial charge in [0, 0.05) is 16.5 Å². The van der Waals surface area contributed by atoms with E-state index in [1.807, 2.05) is 18.2 Å². The molecular formula is C19H19N3O4. The summed E-state index contributed by atoms with van der Waals surface area (Å²) in [6.45, 7) is 0. The van der Waals surface area contributed by atoms with Gasteiger partial charge in [0.25, 0.3) is 5.91 Å². The zero-order valence-electron chi connectivity index (χ0n) is 14.7. The van der Waals surface area contributed by atoms with Crippen molar-refractivity contribution in [2.24, 2.45) is 5.10 Å². The van der Waals surface area contributed by atoms with Crippen molar-refractivity contribution in [3.8, 4) is 17.2 Å². The molecule has 1 aromatic heterocycles.